The summed E-state index contributed by atoms with van der Waals surface area (Å²) in [6.07, 6.45) is 10.9. The Balaban J connectivity index is 1.65. The van der Waals surface area contributed by atoms with E-state index in [9.17, 15) is 0 Å². The molecular formula is C19H23N7. The van der Waals surface area contributed by atoms with Crippen molar-refractivity contribution in [2.75, 3.05) is 24.1 Å². The molecule has 7 nitrogen and oxygen atoms in total. The number of nitrogen functional groups attached to an aromatic ring is 1. The van der Waals surface area contributed by atoms with Crippen LogP contribution >= 0.6 is 0 Å². The van der Waals surface area contributed by atoms with Gasteiger partial charge in [0.25, 0.3) is 0 Å². The molecule has 0 atom stereocenters. The summed E-state index contributed by atoms with van der Waals surface area (Å²) in [6, 6.07) is 3.86. The van der Waals surface area contributed by atoms with Crippen LogP contribution in [0.4, 0.5) is 11.6 Å². The molecule has 0 radical (unpaired) electrons. The number of nitrogens with zero attached hydrogens (tertiary/aromatic N) is 5. The lowest BCUT2D eigenvalue weighted by atomic mass is 10.1. The third-order valence-electron chi connectivity index (χ3n) is 4.69. The summed E-state index contributed by atoms with van der Waals surface area (Å²) in [5.41, 5.74) is 9.68. The van der Waals surface area contributed by atoms with Gasteiger partial charge in [0.2, 0.25) is 11.9 Å². The predicted molar refractivity (Wildman–Crippen MR) is 103 cm³/mol. The van der Waals surface area contributed by atoms with E-state index in [-0.39, 0.29) is 0 Å². The summed E-state index contributed by atoms with van der Waals surface area (Å²) in [5, 5.41) is 3.40. The molecule has 1 aliphatic carbocycles. The Morgan fingerprint density at radius 2 is 2.08 bits per heavy atom. The van der Waals surface area contributed by atoms with E-state index in [1.165, 1.54) is 12.8 Å². The highest BCUT2D eigenvalue weighted by atomic mass is 15.3. The van der Waals surface area contributed by atoms with Gasteiger partial charge >= 0.3 is 0 Å². The second kappa shape index (κ2) is 7.11. The highest BCUT2D eigenvalue weighted by Crippen LogP contribution is 2.34. The monoisotopic (exact) mass is 349 g/mol. The predicted octanol–water partition coefficient (Wildman–Crippen LogP) is 2.55. The molecule has 0 unspecified atom stereocenters. The summed E-state index contributed by atoms with van der Waals surface area (Å²) in [6.45, 7) is 3.78. The van der Waals surface area contributed by atoms with Crippen molar-refractivity contribution in [2.45, 2.75) is 26.2 Å². The lowest BCUT2D eigenvalue weighted by Crippen LogP contribution is -2.38. The van der Waals surface area contributed by atoms with Gasteiger partial charge in [-0.25, -0.2) is 15.0 Å². The van der Waals surface area contributed by atoms with Crippen LogP contribution < -0.4 is 11.1 Å². The molecule has 134 valence electrons. The van der Waals surface area contributed by atoms with Gasteiger partial charge in [-0.05, 0) is 50.3 Å². The molecule has 0 saturated heterocycles. The zero-order valence-corrected chi connectivity index (χ0v) is 14.9. The van der Waals surface area contributed by atoms with Crippen molar-refractivity contribution in [3.8, 4) is 0 Å². The molecule has 1 aliphatic heterocycles. The fourth-order valence-electron chi connectivity index (χ4n) is 3.03. The number of guanidine groups is 1. The number of aliphatic imine (C=N–C) groups is 1. The van der Waals surface area contributed by atoms with Crippen LogP contribution in [0, 0.1) is 5.92 Å². The Kier molecular flexibility index (Phi) is 4.51. The van der Waals surface area contributed by atoms with Crippen molar-refractivity contribution in [1.82, 2.24) is 19.9 Å². The molecular weight excluding hydrogens is 326 g/mol. The average Bonchev–Trinajstić information content (AvgIpc) is 3.47. The van der Waals surface area contributed by atoms with E-state index in [2.05, 4.69) is 38.2 Å². The first kappa shape index (κ1) is 16.5. The van der Waals surface area contributed by atoms with E-state index in [4.69, 9.17) is 10.7 Å². The van der Waals surface area contributed by atoms with Gasteiger partial charge in [0.1, 0.15) is 0 Å². The van der Waals surface area contributed by atoms with E-state index in [1.54, 1.807) is 18.6 Å². The third-order valence-corrected chi connectivity index (χ3v) is 4.69. The highest BCUT2D eigenvalue weighted by molar-refractivity contribution is 5.98. The Labute approximate surface area is 153 Å². The van der Waals surface area contributed by atoms with Crippen molar-refractivity contribution in [2.24, 2.45) is 10.9 Å². The van der Waals surface area contributed by atoms with Crippen molar-refractivity contribution in [3.05, 3.63) is 48.1 Å². The van der Waals surface area contributed by atoms with Gasteiger partial charge in [-0.3, -0.25) is 4.98 Å². The van der Waals surface area contributed by atoms with Crippen molar-refractivity contribution in [3.63, 3.8) is 0 Å². The Morgan fingerprint density at radius 1 is 1.27 bits per heavy atom. The number of nitrogens with one attached hydrogen (secondary N) is 1. The van der Waals surface area contributed by atoms with Crippen LogP contribution in [0.1, 0.15) is 31.0 Å². The quantitative estimate of drug-likeness (QED) is 0.862. The van der Waals surface area contributed by atoms with Gasteiger partial charge in [0, 0.05) is 42.9 Å². The van der Waals surface area contributed by atoms with Gasteiger partial charge in [-0.15, -0.1) is 0 Å². The normalized spacial score (nSPS) is 16.9. The molecule has 26 heavy (non-hydrogen) atoms. The molecule has 1 saturated carbocycles. The largest absolute Gasteiger partial charge is 0.368 e. The number of rotatable bonds is 5. The summed E-state index contributed by atoms with van der Waals surface area (Å²) in [7, 11) is 0. The summed E-state index contributed by atoms with van der Waals surface area (Å²) in [5.74, 6) is 1.87. The smallest absolute Gasteiger partial charge is 0.220 e. The Hall–Kier alpha value is -2.96. The maximum absolute atomic E-state index is 5.82. The zero-order chi connectivity index (χ0) is 17.9. The number of likely N-dealkylation sites (N-methyl/N-ethyl adjacent to an activating group) is 1. The molecule has 0 bridgehead atoms. The minimum atomic E-state index is 0.329. The van der Waals surface area contributed by atoms with Gasteiger partial charge in [0.15, 0.2) is 0 Å². The molecule has 0 amide bonds. The molecule has 2 aliphatic rings. The fraction of sp³-hybridized carbons (Fsp3) is 0.368. The van der Waals surface area contributed by atoms with Crippen LogP contribution in [0.15, 0.2) is 41.8 Å². The van der Waals surface area contributed by atoms with E-state index in [0.717, 1.165) is 54.0 Å². The molecule has 0 aromatic carbocycles. The van der Waals surface area contributed by atoms with Crippen LogP contribution in [-0.2, 0) is 6.42 Å². The Morgan fingerprint density at radius 3 is 2.81 bits per heavy atom. The molecule has 2 aromatic rings. The number of pyridine rings is 1. The second-order valence-electron chi connectivity index (χ2n) is 6.66. The van der Waals surface area contributed by atoms with E-state index in [1.807, 2.05) is 12.1 Å². The van der Waals surface area contributed by atoms with Crippen LogP contribution in [-0.4, -0.2) is 38.9 Å². The number of hydrogen-bond donors (Lipinski definition) is 2. The first-order chi connectivity index (χ1) is 12.7. The SMILES string of the molecule is CCN1CC=C(c2cnc(N)nc2CC2CC2)N=C1Nc1ccncc1. The minimum Gasteiger partial charge on any atom is -0.368 e. The lowest BCUT2D eigenvalue weighted by molar-refractivity contribution is 0.482. The first-order valence-electron chi connectivity index (χ1n) is 9.05. The van der Waals surface area contributed by atoms with E-state index >= 15 is 0 Å². The maximum atomic E-state index is 5.82. The molecule has 3 N–H and O–H groups in total. The molecule has 2 aromatic heterocycles. The standard InChI is InChI=1S/C19H23N7/c1-2-26-10-7-16(25-19(26)23-14-5-8-21-9-6-14)15-12-22-18(20)24-17(15)11-13-3-4-13/h5-9,12-13H,2-4,10-11H2,1H3,(H2,20,22,24)(H,21,23,25). The zero-order valence-electron chi connectivity index (χ0n) is 14.9. The molecule has 4 rings (SSSR count). The van der Waals surface area contributed by atoms with Gasteiger partial charge in [-0.1, -0.05) is 0 Å². The number of hydrogen-bond acceptors (Lipinski definition) is 7. The second-order valence-corrected chi connectivity index (χ2v) is 6.66. The van der Waals surface area contributed by atoms with Crippen molar-refractivity contribution >= 4 is 23.3 Å². The van der Waals surface area contributed by atoms with Crippen LogP contribution in [0.3, 0.4) is 0 Å². The van der Waals surface area contributed by atoms with Gasteiger partial charge in [0.05, 0.1) is 11.4 Å². The number of aromatic nitrogens is 3. The van der Waals surface area contributed by atoms with Crippen molar-refractivity contribution in [1.29, 1.82) is 0 Å². The third kappa shape index (κ3) is 3.66. The Bertz CT molecular complexity index is 840. The molecule has 7 heteroatoms. The van der Waals surface area contributed by atoms with Crippen LogP contribution in [0.5, 0.6) is 0 Å². The highest BCUT2D eigenvalue weighted by Gasteiger charge is 2.25. The maximum Gasteiger partial charge on any atom is 0.220 e. The van der Waals surface area contributed by atoms with Gasteiger partial charge in [-0.2, -0.15) is 0 Å². The van der Waals surface area contributed by atoms with E-state index < -0.39 is 0 Å². The van der Waals surface area contributed by atoms with Crippen LogP contribution in [0.2, 0.25) is 0 Å². The van der Waals surface area contributed by atoms with E-state index in [0.29, 0.717) is 5.95 Å². The first-order valence-corrected chi connectivity index (χ1v) is 9.05. The minimum absolute atomic E-state index is 0.329. The lowest BCUT2D eigenvalue weighted by Gasteiger charge is -2.28. The number of anilines is 2. The summed E-state index contributed by atoms with van der Waals surface area (Å²) < 4.78 is 0. The summed E-state index contributed by atoms with van der Waals surface area (Å²) >= 11 is 0. The number of nitrogens with two attached hydrogens (primary N) is 1. The summed E-state index contributed by atoms with van der Waals surface area (Å²) in [4.78, 5) is 19.8. The molecule has 3 heterocycles. The average molecular weight is 349 g/mol. The fourth-order valence-corrected chi connectivity index (χ4v) is 3.03. The van der Waals surface area contributed by atoms with Gasteiger partial charge < -0.3 is 16.0 Å². The van der Waals surface area contributed by atoms with Crippen molar-refractivity contribution < 1.29 is 0 Å². The topological polar surface area (TPSA) is 92.3 Å². The molecule has 0 spiro atoms. The molecule has 1 fully saturated rings. The van der Waals surface area contributed by atoms with Crippen LogP contribution in [0.25, 0.3) is 5.70 Å².